The van der Waals surface area contributed by atoms with Crippen molar-refractivity contribution < 1.29 is 18.6 Å². The lowest BCUT2D eigenvalue weighted by atomic mass is 9.60. The summed E-state index contributed by atoms with van der Waals surface area (Å²) < 4.78 is 26.0. The quantitative estimate of drug-likeness (QED) is 0.389. The third-order valence-electron chi connectivity index (χ3n) is 8.44. The summed E-state index contributed by atoms with van der Waals surface area (Å²) in [6.07, 6.45) is 0.698. The zero-order chi connectivity index (χ0) is 26.2. The predicted octanol–water partition coefficient (Wildman–Crippen LogP) is 6.24. The Balaban J connectivity index is 1.59. The molecule has 0 aliphatic carbocycles. The summed E-state index contributed by atoms with van der Waals surface area (Å²) in [7, 11) is -0.655. The fraction of sp³-hybridized carbons (Fsp3) is 0.586. The van der Waals surface area contributed by atoms with E-state index in [4.69, 9.17) is 18.6 Å². The van der Waals surface area contributed by atoms with Crippen LogP contribution >= 0.6 is 0 Å². The molecule has 0 spiro atoms. The zero-order valence-electron chi connectivity index (χ0n) is 23.4. The molecule has 2 aliphatic rings. The van der Waals surface area contributed by atoms with Crippen LogP contribution in [0.4, 0.5) is 0 Å². The SMILES string of the molecule is CC1(C)OB(C[C@@H](CN(Cc2ccccc2)Cc2ccccc2)B2OC(C)(C)C(C)(C)O2)OC1(C)C. The lowest BCUT2D eigenvalue weighted by Crippen LogP contribution is -2.41. The van der Waals surface area contributed by atoms with Crippen molar-refractivity contribution in [1.29, 1.82) is 0 Å². The normalized spacial score (nSPS) is 22.8. The summed E-state index contributed by atoms with van der Waals surface area (Å²) in [6.45, 7) is 19.4. The maximum atomic E-state index is 6.58. The summed E-state index contributed by atoms with van der Waals surface area (Å²) in [4.78, 5) is 2.49. The molecule has 4 rings (SSSR count). The lowest BCUT2D eigenvalue weighted by molar-refractivity contribution is 0.00578. The Morgan fingerprint density at radius 2 is 1.00 bits per heavy atom. The molecular formula is C29H43B2NO4. The van der Waals surface area contributed by atoms with Gasteiger partial charge in [0.1, 0.15) is 0 Å². The number of rotatable bonds is 9. The fourth-order valence-corrected chi connectivity index (χ4v) is 4.86. The molecule has 194 valence electrons. The van der Waals surface area contributed by atoms with Crippen molar-refractivity contribution in [2.45, 2.75) is 103 Å². The maximum Gasteiger partial charge on any atom is 0.461 e. The van der Waals surface area contributed by atoms with Crippen LogP contribution in [0.25, 0.3) is 0 Å². The van der Waals surface area contributed by atoms with Gasteiger partial charge in [0.25, 0.3) is 0 Å². The molecule has 0 amide bonds. The molecule has 2 aliphatic heterocycles. The van der Waals surface area contributed by atoms with Gasteiger partial charge >= 0.3 is 14.2 Å². The van der Waals surface area contributed by atoms with Gasteiger partial charge in [-0.2, -0.15) is 0 Å². The number of benzene rings is 2. The van der Waals surface area contributed by atoms with Crippen LogP contribution in [-0.4, -0.2) is 48.1 Å². The topological polar surface area (TPSA) is 40.2 Å². The van der Waals surface area contributed by atoms with Crippen molar-refractivity contribution in [3.8, 4) is 0 Å². The average molecular weight is 491 g/mol. The number of hydrogen-bond donors (Lipinski definition) is 0. The molecule has 1 atom stereocenters. The molecule has 2 heterocycles. The van der Waals surface area contributed by atoms with Crippen LogP contribution in [0.2, 0.25) is 12.1 Å². The molecular weight excluding hydrogens is 448 g/mol. The summed E-state index contributed by atoms with van der Waals surface area (Å²) in [5.41, 5.74) is 1.05. The van der Waals surface area contributed by atoms with Crippen molar-refractivity contribution >= 4 is 14.2 Å². The summed E-state index contributed by atoms with van der Waals surface area (Å²) in [5, 5.41) is 0. The Bertz CT molecular complexity index is 923. The molecule has 0 unspecified atom stereocenters. The number of nitrogens with zero attached hydrogens (tertiary/aromatic N) is 1. The van der Waals surface area contributed by atoms with Gasteiger partial charge in [-0.3, -0.25) is 4.90 Å². The largest absolute Gasteiger partial charge is 0.461 e. The van der Waals surface area contributed by atoms with Crippen LogP contribution in [0.1, 0.15) is 66.5 Å². The first kappa shape index (κ1) is 27.4. The van der Waals surface area contributed by atoms with Crippen LogP contribution in [0.5, 0.6) is 0 Å². The second-order valence-corrected chi connectivity index (χ2v) is 12.4. The molecule has 5 nitrogen and oxygen atoms in total. The van der Waals surface area contributed by atoms with Gasteiger partial charge in [-0.25, -0.2) is 0 Å². The summed E-state index contributed by atoms with van der Waals surface area (Å²) in [5.74, 6) is 0.0631. The lowest BCUT2D eigenvalue weighted by Gasteiger charge is -2.32. The molecule has 2 aromatic rings. The Morgan fingerprint density at radius 1 is 0.611 bits per heavy atom. The van der Waals surface area contributed by atoms with Gasteiger partial charge in [-0.15, -0.1) is 0 Å². The highest BCUT2D eigenvalue weighted by molar-refractivity contribution is 6.53. The van der Waals surface area contributed by atoms with Crippen LogP contribution in [0.15, 0.2) is 60.7 Å². The van der Waals surface area contributed by atoms with Gasteiger partial charge in [-0.1, -0.05) is 60.7 Å². The van der Waals surface area contributed by atoms with E-state index in [9.17, 15) is 0 Å². The van der Waals surface area contributed by atoms with E-state index in [1.165, 1.54) is 11.1 Å². The van der Waals surface area contributed by atoms with Crippen molar-refractivity contribution in [1.82, 2.24) is 4.90 Å². The van der Waals surface area contributed by atoms with Crippen LogP contribution in [-0.2, 0) is 31.7 Å². The van der Waals surface area contributed by atoms with Crippen LogP contribution < -0.4 is 0 Å². The van der Waals surface area contributed by atoms with Gasteiger partial charge in [-0.05, 0) is 79.4 Å². The standard InChI is InChI=1S/C29H43B2NO4/c1-26(2)27(3,4)34-30(33-26)19-25(31-35-28(5,6)29(7,8)36-31)22-32(20-23-15-11-9-12-16-23)21-24-17-13-10-14-18-24/h9-18,25H,19-22H2,1-8H3/t25-/m0/s1. The van der Waals surface area contributed by atoms with Gasteiger partial charge in [0, 0.05) is 18.9 Å². The molecule has 0 N–H and O–H groups in total. The minimum atomic E-state index is -0.393. The Kier molecular flexibility index (Phi) is 7.81. The van der Waals surface area contributed by atoms with Gasteiger partial charge in [0.2, 0.25) is 0 Å². The predicted molar refractivity (Wildman–Crippen MR) is 148 cm³/mol. The minimum absolute atomic E-state index is 0.0631. The van der Waals surface area contributed by atoms with E-state index < -0.39 is 11.2 Å². The van der Waals surface area contributed by atoms with E-state index in [0.29, 0.717) is 6.32 Å². The van der Waals surface area contributed by atoms with Gasteiger partial charge in [0.15, 0.2) is 0 Å². The van der Waals surface area contributed by atoms with E-state index in [1.54, 1.807) is 0 Å². The van der Waals surface area contributed by atoms with Gasteiger partial charge in [0.05, 0.1) is 22.4 Å². The van der Waals surface area contributed by atoms with Crippen molar-refractivity contribution in [3.05, 3.63) is 71.8 Å². The Hall–Kier alpha value is -1.63. The first-order chi connectivity index (χ1) is 16.8. The average Bonchev–Trinajstić information content (AvgIpc) is 3.13. The third kappa shape index (κ3) is 6.08. The number of hydrogen-bond acceptors (Lipinski definition) is 5. The van der Waals surface area contributed by atoms with E-state index in [-0.39, 0.29) is 31.3 Å². The molecule has 2 fully saturated rings. The van der Waals surface area contributed by atoms with E-state index in [2.05, 4.69) is 121 Å². The molecule has 0 saturated carbocycles. The molecule has 36 heavy (non-hydrogen) atoms. The van der Waals surface area contributed by atoms with Crippen LogP contribution in [0.3, 0.4) is 0 Å². The highest BCUT2D eigenvalue weighted by Crippen LogP contribution is 2.44. The second kappa shape index (κ2) is 10.3. The minimum Gasteiger partial charge on any atom is -0.403 e. The molecule has 0 radical (unpaired) electrons. The smallest absolute Gasteiger partial charge is 0.403 e. The first-order valence-corrected chi connectivity index (χ1v) is 13.3. The molecule has 0 aromatic heterocycles. The van der Waals surface area contributed by atoms with E-state index in [0.717, 1.165) is 19.6 Å². The highest BCUT2D eigenvalue weighted by Gasteiger charge is 2.57. The summed E-state index contributed by atoms with van der Waals surface area (Å²) in [6, 6.07) is 21.3. The monoisotopic (exact) mass is 491 g/mol. The molecule has 7 heteroatoms. The first-order valence-electron chi connectivity index (χ1n) is 13.3. The van der Waals surface area contributed by atoms with Crippen molar-refractivity contribution in [2.75, 3.05) is 6.54 Å². The highest BCUT2D eigenvalue weighted by atomic mass is 16.7. The van der Waals surface area contributed by atoms with Gasteiger partial charge < -0.3 is 18.6 Å². The molecule has 2 saturated heterocycles. The maximum absolute atomic E-state index is 6.58. The second-order valence-electron chi connectivity index (χ2n) is 12.4. The van der Waals surface area contributed by atoms with Crippen molar-refractivity contribution in [2.24, 2.45) is 0 Å². The molecule has 2 aromatic carbocycles. The Morgan fingerprint density at radius 3 is 1.42 bits per heavy atom. The Labute approximate surface area is 219 Å². The zero-order valence-corrected chi connectivity index (χ0v) is 23.4. The summed E-state index contributed by atoms with van der Waals surface area (Å²) >= 11 is 0. The van der Waals surface area contributed by atoms with Crippen LogP contribution in [0, 0.1) is 0 Å². The molecule has 0 bridgehead atoms. The third-order valence-corrected chi connectivity index (χ3v) is 8.44. The van der Waals surface area contributed by atoms with E-state index >= 15 is 0 Å². The van der Waals surface area contributed by atoms with Crippen molar-refractivity contribution in [3.63, 3.8) is 0 Å². The van der Waals surface area contributed by atoms with E-state index in [1.807, 2.05) is 0 Å². The fourth-order valence-electron chi connectivity index (χ4n) is 4.86.